The van der Waals surface area contributed by atoms with Crippen LogP contribution in [-0.2, 0) is 13.0 Å². The molecule has 0 spiro atoms. The highest BCUT2D eigenvalue weighted by Gasteiger charge is 2.22. The zero-order valence-corrected chi connectivity index (χ0v) is 15.1. The number of nitrogens with zero attached hydrogens (tertiary/aromatic N) is 4. The van der Waals surface area contributed by atoms with Crippen LogP contribution < -0.4 is 5.69 Å². The van der Waals surface area contributed by atoms with Gasteiger partial charge >= 0.3 is 5.69 Å². The third kappa shape index (κ3) is 3.73. The molecular formula is C21H26N4O. The van der Waals surface area contributed by atoms with Crippen molar-refractivity contribution in [2.45, 2.75) is 44.7 Å². The highest BCUT2D eigenvalue weighted by atomic mass is 16.2. The molecule has 1 saturated carbocycles. The number of hydrogen-bond donors (Lipinski definition) is 0. The fourth-order valence-electron chi connectivity index (χ4n) is 4.00. The summed E-state index contributed by atoms with van der Waals surface area (Å²) >= 11 is 0. The summed E-state index contributed by atoms with van der Waals surface area (Å²) in [5.74, 6) is 0. The topological polar surface area (TPSA) is 42.5 Å². The second-order valence-electron chi connectivity index (χ2n) is 7.14. The first-order valence-electron chi connectivity index (χ1n) is 9.63. The van der Waals surface area contributed by atoms with Crippen LogP contribution in [0.3, 0.4) is 0 Å². The van der Waals surface area contributed by atoms with Gasteiger partial charge in [0.1, 0.15) is 0 Å². The number of pyridine rings is 1. The molecule has 2 aromatic heterocycles. The molecule has 3 aromatic rings. The Morgan fingerprint density at radius 3 is 2.54 bits per heavy atom. The highest BCUT2D eigenvalue weighted by molar-refractivity contribution is 5.35. The summed E-state index contributed by atoms with van der Waals surface area (Å²) in [6.45, 7) is 2.56. The van der Waals surface area contributed by atoms with Crippen LogP contribution >= 0.6 is 0 Å². The Bertz CT molecular complexity index is 893. The van der Waals surface area contributed by atoms with Crippen molar-refractivity contribution < 1.29 is 0 Å². The van der Waals surface area contributed by atoms with Crippen LogP contribution in [0.1, 0.15) is 31.2 Å². The molecule has 0 bridgehead atoms. The SMILES string of the molecule is O=c1n(CCN(CCc2ccccc2)C2CCCC2)nc2ccccn12. The van der Waals surface area contributed by atoms with Crippen molar-refractivity contribution in [3.8, 4) is 0 Å². The van der Waals surface area contributed by atoms with Crippen molar-refractivity contribution >= 4 is 5.65 Å². The Balaban J connectivity index is 1.45. The van der Waals surface area contributed by atoms with Gasteiger partial charge in [-0.05, 0) is 37.0 Å². The molecule has 2 heterocycles. The van der Waals surface area contributed by atoms with Crippen LogP contribution in [0, 0.1) is 0 Å². The zero-order chi connectivity index (χ0) is 17.8. The molecular weight excluding hydrogens is 324 g/mol. The van der Waals surface area contributed by atoms with Crippen molar-refractivity contribution in [1.82, 2.24) is 19.1 Å². The molecule has 0 aliphatic heterocycles. The second-order valence-corrected chi connectivity index (χ2v) is 7.14. The van der Waals surface area contributed by atoms with E-state index in [9.17, 15) is 4.79 Å². The molecule has 0 radical (unpaired) electrons. The van der Waals surface area contributed by atoms with Gasteiger partial charge in [0.15, 0.2) is 5.65 Å². The van der Waals surface area contributed by atoms with Gasteiger partial charge in [0, 0.05) is 25.3 Å². The van der Waals surface area contributed by atoms with Crippen molar-refractivity contribution in [3.05, 3.63) is 70.8 Å². The van der Waals surface area contributed by atoms with Crippen LogP contribution in [0.5, 0.6) is 0 Å². The van der Waals surface area contributed by atoms with Gasteiger partial charge in [0.2, 0.25) is 0 Å². The number of aromatic nitrogens is 3. The van der Waals surface area contributed by atoms with E-state index < -0.39 is 0 Å². The summed E-state index contributed by atoms with van der Waals surface area (Å²) in [4.78, 5) is 15.1. The van der Waals surface area contributed by atoms with Gasteiger partial charge in [-0.15, -0.1) is 5.10 Å². The zero-order valence-electron chi connectivity index (χ0n) is 15.1. The number of benzene rings is 1. The van der Waals surface area contributed by atoms with Gasteiger partial charge in [-0.3, -0.25) is 9.30 Å². The molecule has 4 rings (SSSR count). The van der Waals surface area contributed by atoms with E-state index in [0.717, 1.165) is 19.5 Å². The van der Waals surface area contributed by atoms with Crippen molar-refractivity contribution in [1.29, 1.82) is 0 Å². The van der Waals surface area contributed by atoms with Crippen molar-refractivity contribution in [2.75, 3.05) is 13.1 Å². The van der Waals surface area contributed by atoms with Gasteiger partial charge in [0.25, 0.3) is 0 Å². The Kier molecular flexibility index (Phi) is 5.16. The largest absolute Gasteiger partial charge is 0.350 e. The van der Waals surface area contributed by atoms with E-state index >= 15 is 0 Å². The first kappa shape index (κ1) is 17.0. The minimum Gasteiger partial charge on any atom is -0.298 e. The lowest BCUT2D eigenvalue weighted by molar-refractivity contribution is 0.190. The molecule has 1 fully saturated rings. The lowest BCUT2D eigenvalue weighted by Gasteiger charge is -2.28. The molecule has 1 aromatic carbocycles. The van der Waals surface area contributed by atoms with Crippen molar-refractivity contribution in [3.63, 3.8) is 0 Å². The predicted molar refractivity (Wildman–Crippen MR) is 103 cm³/mol. The summed E-state index contributed by atoms with van der Waals surface area (Å²) in [6.07, 6.45) is 8.02. The molecule has 1 aliphatic rings. The minimum absolute atomic E-state index is 0.0463. The normalized spacial score (nSPS) is 15.3. The van der Waals surface area contributed by atoms with Gasteiger partial charge in [-0.25, -0.2) is 9.48 Å². The van der Waals surface area contributed by atoms with E-state index in [0.29, 0.717) is 18.2 Å². The summed E-state index contributed by atoms with van der Waals surface area (Å²) in [5, 5.41) is 4.47. The molecule has 0 unspecified atom stereocenters. The third-order valence-electron chi connectivity index (χ3n) is 5.46. The molecule has 0 amide bonds. The molecule has 5 heteroatoms. The molecule has 0 N–H and O–H groups in total. The molecule has 1 aliphatic carbocycles. The van der Waals surface area contributed by atoms with Crippen LogP contribution in [0.15, 0.2) is 59.5 Å². The van der Waals surface area contributed by atoms with Crippen LogP contribution in [-0.4, -0.2) is 38.2 Å². The van der Waals surface area contributed by atoms with Crippen molar-refractivity contribution in [2.24, 2.45) is 0 Å². The number of rotatable bonds is 7. The van der Waals surface area contributed by atoms with Gasteiger partial charge in [0.05, 0.1) is 6.54 Å². The number of hydrogen-bond acceptors (Lipinski definition) is 3. The first-order valence-corrected chi connectivity index (χ1v) is 9.63. The Morgan fingerprint density at radius 2 is 1.77 bits per heavy atom. The average molecular weight is 350 g/mol. The van der Waals surface area contributed by atoms with Crippen LogP contribution in [0.2, 0.25) is 0 Å². The smallest absolute Gasteiger partial charge is 0.298 e. The highest BCUT2D eigenvalue weighted by Crippen LogP contribution is 2.23. The molecule has 5 nitrogen and oxygen atoms in total. The summed E-state index contributed by atoms with van der Waals surface area (Å²) in [5.41, 5.74) is 2.05. The maximum absolute atomic E-state index is 12.5. The lowest BCUT2D eigenvalue weighted by atomic mass is 10.1. The molecule has 26 heavy (non-hydrogen) atoms. The summed E-state index contributed by atoms with van der Waals surface area (Å²) in [7, 11) is 0. The monoisotopic (exact) mass is 350 g/mol. The van der Waals surface area contributed by atoms with E-state index in [1.54, 1.807) is 15.3 Å². The Morgan fingerprint density at radius 1 is 1.00 bits per heavy atom. The molecule has 0 saturated heterocycles. The van der Waals surface area contributed by atoms with Gasteiger partial charge in [-0.1, -0.05) is 49.2 Å². The predicted octanol–water partition coefficient (Wildman–Crippen LogP) is 2.98. The number of fused-ring (bicyclic) bond motifs is 1. The second kappa shape index (κ2) is 7.87. The van der Waals surface area contributed by atoms with Gasteiger partial charge in [-0.2, -0.15) is 0 Å². The van der Waals surface area contributed by atoms with E-state index in [1.165, 1.54) is 31.2 Å². The Labute approximate surface area is 153 Å². The molecule has 0 atom stereocenters. The maximum atomic E-state index is 12.5. The fourth-order valence-corrected chi connectivity index (χ4v) is 4.00. The van der Waals surface area contributed by atoms with E-state index in [4.69, 9.17) is 0 Å². The van der Waals surface area contributed by atoms with Crippen LogP contribution in [0.4, 0.5) is 0 Å². The van der Waals surface area contributed by atoms with Crippen LogP contribution in [0.25, 0.3) is 5.65 Å². The first-order chi connectivity index (χ1) is 12.8. The van der Waals surface area contributed by atoms with E-state index in [-0.39, 0.29) is 5.69 Å². The lowest BCUT2D eigenvalue weighted by Crippen LogP contribution is -2.39. The fraction of sp³-hybridized carbons (Fsp3) is 0.429. The summed E-state index contributed by atoms with van der Waals surface area (Å²) < 4.78 is 3.23. The Hall–Kier alpha value is -2.40. The molecule has 136 valence electrons. The summed E-state index contributed by atoms with van der Waals surface area (Å²) in [6, 6.07) is 17.0. The third-order valence-corrected chi connectivity index (χ3v) is 5.46. The van der Waals surface area contributed by atoms with E-state index in [1.807, 2.05) is 18.2 Å². The quantitative estimate of drug-likeness (QED) is 0.658. The average Bonchev–Trinajstić information content (AvgIpc) is 3.32. The van der Waals surface area contributed by atoms with E-state index in [2.05, 4.69) is 40.3 Å². The maximum Gasteiger partial charge on any atom is 0.350 e. The minimum atomic E-state index is -0.0463. The van der Waals surface area contributed by atoms with Gasteiger partial charge < -0.3 is 0 Å². The standard InChI is InChI=1S/C21H26N4O/c26-21-24-14-7-6-12-20(24)22-25(21)17-16-23(19-10-4-5-11-19)15-13-18-8-2-1-3-9-18/h1-3,6-9,12,14,19H,4-5,10-11,13,15-17H2.